The summed E-state index contributed by atoms with van der Waals surface area (Å²) < 4.78 is 5.10. The van der Waals surface area contributed by atoms with E-state index in [1.54, 1.807) is 0 Å². The third kappa shape index (κ3) is 4.95. The Bertz CT molecular complexity index is 3430. The Morgan fingerprint density at radius 3 is 1.79 bits per heavy atom. The van der Waals surface area contributed by atoms with Gasteiger partial charge in [0.15, 0.2) is 5.84 Å². The number of hydrogen-bond acceptors (Lipinski definition) is 5. The minimum absolute atomic E-state index is 0.298. The molecule has 0 aliphatic carbocycles. The van der Waals surface area contributed by atoms with Gasteiger partial charge in [-0.25, -0.2) is 9.98 Å². The second-order valence-corrected chi connectivity index (χ2v) is 16.7. The lowest BCUT2D eigenvalue weighted by Gasteiger charge is -2.23. The molecule has 1 atom stereocenters. The van der Waals surface area contributed by atoms with Crippen molar-refractivity contribution in [2.45, 2.75) is 6.17 Å². The maximum atomic E-state index is 5.22. The molecular formula is C51H31N3S2. The fraction of sp³-hybridized carbons (Fsp3) is 0.0196. The Morgan fingerprint density at radius 1 is 0.393 bits per heavy atom. The van der Waals surface area contributed by atoms with Crippen LogP contribution in [0.4, 0.5) is 0 Å². The number of nitrogens with one attached hydrogen (secondary N) is 1. The quantitative estimate of drug-likeness (QED) is 0.179. The van der Waals surface area contributed by atoms with Crippen LogP contribution in [-0.4, -0.2) is 11.7 Å². The van der Waals surface area contributed by atoms with Crippen LogP contribution in [0.2, 0.25) is 0 Å². The Morgan fingerprint density at radius 2 is 0.982 bits per heavy atom. The summed E-state index contributed by atoms with van der Waals surface area (Å²) in [6.07, 6.45) is -0.298. The van der Waals surface area contributed by atoms with E-state index in [0.717, 1.165) is 28.4 Å². The molecule has 0 saturated carbocycles. The van der Waals surface area contributed by atoms with Crippen molar-refractivity contribution >= 4 is 107 Å². The standard InChI is InChI=1S/C51H31N3S2/c1-2-11-30(12-3-1)49-52-50(32-22-25-41-40-17-8-9-20-45(40)55-46(41)28-32)54-51(53-49)33-23-26-42-43-19-10-18-34(48(43)56-47(42)29-33)31-21-24-39-37-15-5-4-13-35(37)36-14-6-7-16-38(36)44(39)27-31/h1-29,51H,(H,52,53,54). The molecular weight excluding hydrogens is 719 g/mol. The predicted molar refractivity (Wildman–Crippen MR) is 242 cm³/mol. The summed E-state index contributed by atoms with van der Waals surface area (Å²) >= 11 is 3.69. The van der Waals surface area contributed by atoms with E-state index in [4.69, 9.17) is 9.98 Å². The average molecular weight is 750 g/mol. The van der Waals surface area contributed by atoms with Gasteiger partial charge in [0.25, 0.3) is 0 Å². The topological polar surface area (TPSA) is 36.8 Å². The van der Waals surface area contributed by atoms with Crippen LogP contribution in [0.5, 0.6) is 0 Å². The van der Waals surface area contributed by atoms with Crippen molar-refractivity contribution in [1.82, 2.24) is 5.32 Å². The Hall–Kier alpha value is -6.66. The van der Waals surface area contributed by atoms with Gasteiger partial charge in [-0.05, 0) is 73.3 Å². The summed E-state index contributed by atoms with van der Waals surface area (Å²) in [6.45, 7) is 0. The number of hydrogen-bond donors (Lipinski definition) is 1. The summed E-state index contributed by atoms with van der Waals surface area (Å²) in [5, 5.41) is 16.6. The number of nitrogens with zero attached hydrogens (tertiary/aromatic N) is 2. The lowest BCUT2D eigenvalue weighted by atomic mass is 9.92. The molecule has 2 aromatic heterocycles. The predicted octanol–water partition coefficient (Wildman–Crippen LogP) is 14.0. The highest BCUT2D eigenvalue weighted by molar-refractivity contribution is 7.26. The van der Waals surface area contributed by atoms with Gasteiger partial charge in [0.1, 0.15) is 12.0 Å². The number of benzene rings is 9. The van der Waals surface area contributed by atoms with Gasteiger partial charge in [-0.15, -0.1) is 22.7 Å². The molecule has 262 valence electrons. The van der Waals surface area contributed by atoms with E-state index >= 15 is 0 Å². The summed E-state index contributed by atoms with van der Waals surface area (Å²) in [6, 6.07) is 63.8. The van der Waals surface area contributed by atoms with Crippen molar-refractivity contribution in [1.29, 1.82) is 0 Å². The van der Waals surface area contributed by atoms with Crippen LogP contribution in [0.25, 0.3) is 83.8 Å². The molecule has 0 saturated heterocycles. The largest absolute Gasteiger partial charge is 0.344 e. The summed E-state index contributed by atoms with van der Waals surface area (Å²) in [4.78, 5) is 10.3. The molecule has 0 fully saturated rings. The normalized spacial score (nSPS) is 14.6. The van der Waals surface area contributed by atoms with Crippen molar-refractivity contribution in [2.75, 3.05) is 0 Å². The van der Waals surface area contributed by atoms with Crippen LogP contribution in [-0.2, 0) is 0 Å². The lowest BCUT2D eigenvalue weighted by molar-refractivity contribution is 0.675. The molecule has 0 amide bonds. The molecule has 1 unspecified atom stereocenters. The third-order valence-electron chi connectivity index (χ3n) is 11.3. The van der Waals surface area contributed by atoms with Gasteiger partial charge in [0, 0.05) is 51.5 Å². The van der Waals surface area contributed by atoms with E-state index in [2.05, 4.69) is 175 Å². The number of thiophene rings is 2. The SMILES string of the molecule is c1ccc(C2=NC(c3ccc4c(c3)sc3c(-c5ccc6c7ccccc7c7ccccc7c6c5)cccc34)NC(c3ccc4c(c3)sc3ccccc34)=N2)cc1. The zero-order valence-corrected chi connectivity index (χ0v) is 31.7. The maximum absolute atomic E-state index is 5.22. The fourth-order valence-electron chi connectivity index (χ4n) is 8.64. The molecule has 0 radical (unpaired) electrons. The third-order valence-corrected chi connectivity index (χ3v) is 13.7. The molecule has 3 nitrogen and oxygen atoms in total. The summed E-state index contributed by atoms with van der Waals surface area (Å²) in [7, 11) is 0. The van der Waals surface area contributed by atoms with Crippen LogP contribution < -0.4 is 5.32 Å². The van der Waals surface area contributed by atoms with E-state index in [1.807, 2.05) is 28.7 Å². The van der Waals surface area contributed by atoms with Crippen molar-refractivity contribution in [3.63, 3.8) is 0 Å². The first-order valence-electron chi connectivity index (χ1n) is 18.9. The molecule has 1 N–H and O–H groups in total. The monoisotopic (exact) mass is 749 g/mol. The van der Waals surface area contributed by atoms with Gasteiger partial charge in [-0.1, -0.05) is 152 Å². The van der Waals surface area contributed by atoms with Crippen LogP contribution in [0.3, 0.4) is 0 Å². The highest BCUT2D eigenvalue weighted by Gasteiger charge is 2.23. The van der Waals surface area contributed by atoms with Crippen molar-refractivity contribution in [2.24, 2.45) is 9.98 Å². The van der Waals surface area contributed by atoms with Gasteiger partial charge < -0.3 is 5.32 Å². The molecule has 1 aliphatic rings. The first kappa shape index (κ1) is 31.7. The van der Waals surface area contributed by atoms with E-state index < -0.39 is 0 Å². The molecule has 0 bridgehead atoms. The molecule has 0 spiro atoms. The molecule has 12 rings (SSSR count). The molecule has 1 aliphatic heterocycles. The fourth-order valence-corrected chi connectivity index (χ4v) is 11.1. The Labute approximate surface area is 330 Å². The Kier molecular flexibility index (Phi) is 7.03. The van der Waals surface area contributed by atoms with Gasteiger partial charge in [-0.3, -0.25) is 0 Å². The number of amidine groups is 2. The molecule has 11 aromatic rings. The smallest absolute Gasteiger partial charge is 0.159 e. The molecule has 3 heterocycles. The van der Waals surface area contributed by atoms with Crippen LogP contribution in [0.1, 0.15) is 22.9 Å². The number of fused-ring (bicyclic) bond motifs is 12. The van der Waals surface area contributed by atoms with Crippen molar-refractivity contribution in [3.8, 4) is 11.1 Å². The second-order valence-electron chi connectivity index (χ2n) is 14.5. The highest BCUT2D eigenvalue weighted by Crippen LogP contribution is 2.43. The van der Waals surface area contributed by atoms with E-state index in [0.29, 0.717) is 0 Å². The first-order valence-corrected chi connectivity index (χ1v) is 20.6. The Balaban J connectivity index is 0.968. The van der Waals surface area contributed by atoms with E-state index in [1.165, 1.54) is 83.8 Å². The molecule has 56 heavy (non-hydrogen) atoms. The first-order chi connectivity index (χ1) is 27.7. The highest BCUT2D eigenvalue weighted by atomic mass is 32.1. The average Bonchev–Trinajstić information content (AvgIpc) is 3.84. The van der Waals surface area contributed by atoms with Gasteiger partial charge in [0.2, 0.25) is 0 Å². The van der Waals surface area contributed by atoms with Gasteiger partial charge in [-0.2, -0.15) is 0 Å². The van der Waals surface area contributed by atoms with Crippen molar-refractivity contribution in [3.05, 3.63) is 193 Å². The van der Waals surface area contributed by atoms with Gasteiger partial charge in [0.05, 0.1) is 0 Å². The zero-order chi connectivity index (χ0) is 36.7. The summed E-state index contributed by atoms with van der Waals surface area (Å²) in [5.41, 5.74) is 5.66. The van der Waals surface area contributed by atoms with Crippen LogP contribution in [0, 0.1) is 0 Å². The maximum Gasteiger partial charge on any atom is 0.159 e. The van der Waals surface area contributed by atoms with Crippen LogP contribution >= 0.6 is 22.7 Å². The van der Waals surface area contributed by atoms with E-state index in [-0.39, 0.29) is 6.17 Å². The number of aliphatic imine (C=N–C) groups is 2. The minimum atomic E-state index is -0.298. The molecule has 5 heteroatoms. The number of rotatable bonds is 4. The van der Waals surface area contributed by atoms with Crippen LogP contribution in [0.15, 0.2) is 186 Å². The van der Waals surface area contributed by atoms with E-state index in [9.17, 15) is 0 Å². The van der Waals surface area contributed by atoms with Crippen molar-refractivity contribution < 1.29 is 0 Å². The minimum Gasteiger partial charge on any atom is -0.344 e. The van der Waals surface area contributed by atoms with Gasteiger partial charge >= 0.3 is 0 Å². The second kappa shape index (κ2) is 12.4. The zero-order valence-electron chi connectivity index (χ0n) is 30.0. The molecule has 9 aromatic carbocycles. The summed E-state index contributed by atoms with van der Waals surface area (Å²) in [5.74, 6) is 1.56. The lowest BCUT2D eigenvalue weighted by Crippen LogP contribution is -2.33.